The summed E-state index contributed by atoms with van der Waals surface area (Å²) < 4.78 is 5.14. The Morgan fingerprint density at radius 2 is 1.96 bits per heavy atom. The van der Waals surface area contributed by atoms with Crippen molar-refractivity contribution in [2.45, 2.75) is 32.2 Å². The average Bonchev–Trinajstić information content (AvgIpc) is 3.50. The first-order chi connectivity index (χ1) is 13.1. The second-order valence-electron chi connectivity index (χ2n) is 7.02. The van der Waals surface area contributed by atoms with Crippen LogP contribution < -0.4 is 10.1 Å². The van der Waals surface area contributed by atoms with E-state index in [0.717, 1.165) is 54.1 Å². The normalized spacial score (nSPS) is 16.4. The number of benzene rings is 1. The standard InChI is InChI=1S/C20H23N3O3S/c1-26-15-6-2-13(3-7-15)12-21-18(24)19-22-16-8-10-23(11-9-17(16)27-19)20(25)14-4-5-14/h2-3,6-7,14H,4-5,8-12H2,1H3,(H,21,24). The number of fused-ring (bicyclic) bond motifs is 1. The van der Waals surface area contributed by atoms with E-state index in [1.54, 1.807) is 7.11 Å². The molecule has 1 saturated carbocycles. The van der Waals surface area contributed by atoms with Crippen molar-refractivity contribution in [3.05, 3.63) is 45.4 Å². The summed E-state index contributed by atoms with van der Waals surface area (Å²) in [6.45, 7) is 1.90. The van der Waals surface area contributed by atoms with Crippen LogP contribution >= 0.6 is 11.3 Å². The molecule has 1 aromatic carbocycles. The number of carbonyl (C=O) groups excluding carboxylic acids is 2. The van der Waals surface area contributed by atoms with Gasteiger partial charge in [0.25, 0.3) is 5.91 Å². The van der Waals surface area contributed by atoms with E-state index in [1.807, 2.05) is 29.2 Å². The molecular formula is C20H23N3O3S. The predicted octanol–water partition coefficient (Wildman–Crippen LogP) is 2.42. The van der Waals surface area contributed by atoms with Crippen LogP contribution in [0, 0.1) is 5.92 Å². The number of carbonyl (C=O) groups is 2. The van der Waals surface area contributed by atoms with Crippen molar-refractivity contribution >= 4 is 23.2 Å². The Bertz CT molecular complexity index is 817. The van der Waals surface area contributed by atoms with Gasteiger partial charge in [-0.2, -0.15) is 0 Å². The van der Waals surface area contributed by atoms with Crippen LogP contribution in [0.2, 0.25) is 0 Å². The van der Waals surface area contributed by atoms with Gasteiger partial charge in [0.15, 0.2) is 5.01 Å². The summed E-state index contributed by atoms with van der Waals surface area (Å²) in [4.78, 5) is 32.4. The maximum Gasteiger partial charge on any atom is 0.280 e. The molecule has 0 spiro atoms. The van der Waals surface area contributed by atoms with E-state index >= 15 is 0 Å². The van der Waals surface area contributed by atoms with Gasteiger partial charge in [-0.25, -0.2) is 4.98 Å². The quantitative estimate of drug-likeness (QED) is 0.858. The summed E-state index contributed by atoms with van der Waals surface area (Å²) >= 11 is 1.45. The lowest BCUT2D eigenvalue weighted by Crippen LogP contribution is -2.34. The van der Waals surface area contributed by atoms with E-state index in [-0.39, 0.29) is 11.8 Å². The van der Waals surface area contributed by atoms with Gasteiger partial charge in [0.2, 0.25) is 5.91 Å². The van der Waals surface area contributed by atoms with Gasteiger partial charge in [-0.1, -0.05) is 12.1 Å². The highest BCUT2D eigenvalue weighted by molar-refractivity contribution is 7.13. The Morgan fingerprint density at radius 3 is 2.67 bits per heavy atom. The minimum Gasteiger partial charge on any atom is -0.497 e. The smallest absolute Gasteiger partial charge is 0.280 e. The first kappa shape index (κ1) is 18.0. The van der Waals surface area contributed by atoms with Crippen LogP contribution in [0.1, 0.15) is 38.8 Å². The van der Waals surface area contributed by atoms with Gasteiger partial charge in [0.05, 0.1) is 12.8 Å². The van der Waals surface area contributed by atoms with Crippen LogP contribution in [0.25, 0.3) is 0 Å². The molecule has 7 heteroatoms. The Labute approximate surface area is 162 Å². The molecule has 6 nitrogen and oxygen atoms in total. The number of nitrogens with one attached hydrogen (secondary N) is 1. The van der Waals surface area contributed by atoms with Crippen LogP contribution in [-0.2, 0) is 24.2 Å². The molecule has 0 bridgehead atoms. The molecule has 27 heavy (non-hydrogen) atoms. The van der Waals surface area contributed by atoms with Gasteiger partial charge >= 0.3 is 0 Å². The predicted molar refractivity (Wildman–Crippen MR) is 103 cm³/mol. The van der Waals surface area contributed by atoms with Gasteiger partial charge in [-0.15, -0.1) is 11.3 Å². The second kappa shape index (κ2) is 7.68. The van der Waals surface area contributed by atoms with Crippen LogP contribution in [0.4, 0.5) is 0 Å². The summed E-state index contributed by atoms with van der Waals surface area (Å²) in [6.07, 6.45) is 3.59. The Hall–Kier alpha value is -2.41. The number of hydrogen-bond donors (Lipinski definition) is 1. The monoisotopic (exact) mass is 385 g/mol. The number of aromatic nitrogens is 1. The highest BCUT2D eigenvalue weighted by atomic mass is 32.1. The summed E-state index contributed by atoms with van der Waals surface area (Å²) in [5.41, 5.74) is 1.98. The molecule has 2 aromatic rings. The first-order valence-corrected chi connectivity index (χ1v) is 10.1. The molecule has 1 aliphatic heterocycles. The van der Waals surface area contributed by atoms with Crippen molar-refractivity contribution in [2.24, 2.45) is 5.92 Å². The van der Waals surface area contributed by atoms with Crippen molar-refractivity contribution in [3.63, 3.8) is 0 Å². The van der Waals surface area contributed by atoms with Crippen LogP contribution in [-0.4, -0.2) is 41.9 Å². The fourth-order valence-electron chi connectivity index (χ4n) is 3.27. The Morgan fingerprint density at radius 1 is 1.22 bits per heavy atom. The number of hydrogen-bond acceptors (Lipinski definition) is 5. The number of amides is 2. The molecule has 1 fully saturated rings. The molecule has 0 saturated heterocycles. The number of rotatable bonds is 5. The number of thiazole rings is 1. The third-order valence-corrected chi connectivity index (χ3v) is 6.21. The third kappa shape index (κ3) is 4.13. The molecule has 0 radical (unpaired) electrons. The zero-order chi connectivity index (χ0) is 18.8. The Balaban J connectivity index is 1.34. The highest BCUT2D eigenvalue weighted by Gasteiger charge is 2.34. The van der Waals surface area contributed by atoms with E-state index in [2.05, 4.69) is 10.3 Å². The van der Waals surface area contributed by atoms with Crippen molar-refractivity contribution in [1.82, 2.24) is 15.2 Å². The number of ether oxygens (including phenoxy) is 1. The molecule has 4 rings (SSSR count). The molecular weight excluding hydrogens is 362 g/mol. The summed E-state index contributed by atoms with van der Waals surface area (Å²) in [6, 6.07) is 7.62. The van der Waals surface area contributed by atoms with Gasteiger partial charge < -0.3 is 15.0 Å². The average molecular weight is 385 g/mol. The van der Waals surface area contributed by atoms with E-state index in [1.165, 1.54) is 11.3 Å². The van der Waals surface area contributed by atoms with Gasteiger partial charge in [-0.3, -0.25) is 9.59 Å². The third-order valence-electron chi connectivity index (χ3n) is 5.05. The van der Waals surface area contributed by atoms with Crippen LogP contribution in [0.5, 0.6) is 5.75 Å². The van der Waals surface area contributed by atoms with Crippen LogP contribution in [0.3, 0.4) is 0 Å². The van der Waals surface area contributed by atoms with Gasteiger partial charge in [0, 0.05) is 43.3 Å². The zero-order valence-electron chi connectivity index (χ0n) is 15.4. The van der Waals surface area contributed by atoms with Crippen molar-refractivity contribution in [3.8, 4) is 5.75 Å². The maximum atomic E-state index is 12.5. The maximum absolute atomic E-state index is 12.5. The molecule has 142 valence electrons. The lowest BCUT2D eigenvalue weighted by atomic mass is 10.2. The lowest BCUT2D eigenvalue weighted by molar-refractivity contribution is -0.132. The summed E-state index contributed by atoms with van der Waals surface area (Å²) in [5, 5.41) is 3.44. The Kier molecular flexibility index (Phi) is 5.11. The van der Waals surface area contributed by atoms with Gasteiger partial charge in [0.1, 0.15) is 5.75 Å². The molecule has 2 aliphatic rings. The molecule has 0 unspecified atom stereocenters. The topological polar surface area (TPSA) is 71.5 Å². The number of nitrogens with zero attached hydrogens (tertiary/aromatic N) is 2. The van der Waals surface area contributed by atoms with Crippen LogP contribution in [0.15, 0.2) is 24.3 Å². The van der Waals surface area contributed by atoms with Crippen molar-refractivity contribution in [2.75, 3.05) is 20.2 Å². The number of methoxy groups -OCH3 is 1. The fraction of sp³-hybridized carbons (Fsp3) is 0.450. The van der Waals surface area contributed by atoms with Crippen molar-refractivity contribution < 1.29 is 14.3 Å². The zero-order valence-corrected chi connectivity index (χ0v) is 16.2. The summed E-state index contributed by atoms with van der Waals surface area (Å²) in [5.74, 6) is 1.20. The first-order valence-electron chi connectivity index (χ1n) is 9.32. The molecule has 1 N–H and O–H groups in total. The SMILES string of the molecule is COc1ccc(CNC(=O)c2nc3c(s2)CCN(C(=O)C2CC2)CC3)cc1. The highest BCUT2D eigenvalue weighted by Crippen LogP contribution is 2.32. The molecule has 0 atom stereocenters. The fourth-order valence-corrected chi connectivity index (χ4v) is 4.28. The second-order valence-corrected chi connectivity index (χ2v) is 8.10. The molecule has 1 aromatic heterocycles. The van der Waals surface area contributed by atoms with E-state index in [4.69, 9.17) is 4.74 Å². The largest absolute Gasteiger partial charge is 0.497 e. The lowest BCUT2D eigenvalue weighted by Gasteiger charge is -2.19. The summed E-state index contributed by atoms with van der Waals surface area (Å²) in [7, 11) is 1.63. The van der Waals surface area contributed by atoms with Gasteiger partial charge in [-0.05, 0) is 30.5 Å². The van der Waals surface area contributed by atoms with E-state index < -0.39 is 0 Å². The van der Waals surface area contributed by atoms with E-state index in [0.29, 0.717) is 24.0 Å². The minimum absolute atomic E-state index is 0.144. The van der Waals surface area contributed by atoms with E-state index in [9.17, 15) is 9.59 Å². The molecule has 2 heterocycles. The molecule has 1 aliphatic carbocycles. The molecule has 2 amide bonds. The van der Waals surface area contributed by atoms with Crippen molar-refractivity contribution in [1.29, 1.82) is 0 Å². The minimum atomic E-state index is -0.144.